The summed E-state index contributed by atoms with van der Waals surface area (Å²) in [5.74, 6) is -0.190. The summed E-state index contributed by atoms with van der Waals surface area (Å²) < 4.78 is 23.7. The van der Waals surface area contributed by atoms with E-state index in [0.29, 0.717) is 17.4 Å². The first-order chi connectivity index (χ1) is 32.5. The van der Waals surface area contributed by atoms with E-state index in [0.717, 1.165) is 44.9 Å². The summed E-state index contributed by atoms with van der Waals surface area (Å²) in [6.45, 7) is 4.81. The molecule has 8 nitrogen and oxygen atoms in total. The molecule has 0 fully saturated rings. The number of quaternary nitrogens is 1. The van der Waals surface area contributed by atoms with Crippen LogP contribution in [0.5, 0.6) is 0 Å². The van der Waals surface area contributed by atoms with E-state index >= 15 is 0 Å². The fourth-order valence-electron chi connectivity index (χ4n) is 8.25. The van der Waals surface area contributed by atoms with Gasteiger partial charge in [-0.3, -0.25) is 13.8 Å². The number of hydrogen-bond acceptors (Lipinski definition) is 5. The molecule has 0 heterocycles. The van der Waals surface area contributed by atoms with Crippen LogP contribution >= 0.6 is 7.82 Å². The minimum atomic E-state index is -4.36. The predicted molar refractivity (Wildman–Crippen MR) is 291 cm³/mol. The highest BCUT2D eigenvalue weighted by molar-refractivity contribution is 7.47. The van der Waals surface area contributed by atoms with E-state index in [-0.39, 0.29) is 19.1 Å². The van der Waals surface area contributed by atoms with Gasteiger partial charge in [-0.15, -0.1) is 0 Å². The van der Waals surface area contributed by atoms with Gasteiger partial charge in [0.25, 0.3) is 0 Å². The van der Waals surface area contributed by atoms with Crippen molar-refractivity contribution in [2.24, 2.45) is 0 Å². The molecule has 0 rings (SSSR count). The van der Waals surface area contributed by atoms with Gasteiger partial charge in [0.15, 0.2) is 0 Å². The number of carbonyl (C=O) groups excluding carboxylic acids is 1. The number of allylic oxidation sites excluding steroid dienone is 7. The van der Waals surface area contributed by atoms with Crippen LogP contribution in [-0.4, -0.2) is 73.4 Å². The molecular formula is C58H112N2O6P+. The number of unbranched alkanes of at least 4 members (excludes halogenated alkanes) is 33. The van der Waals surface area contributed by atoms with Gasteiger partial charge < -0.3 is 19.8 Å². The molecule has 0 bridgehead atoms. The van der Waals surface area contributed by atoms with Crippen molar-refractivity contribution in [2.45, 2.75) is 276 Å². The summed E-state index contributed by atoms with van der Waals surface area (Å²) in [5, 5.41) is 13.9. The lowest BCUT2D eigenvalue weighted by Crippen LogP contribution is -2.45. The van der Waals surface area contributed by atoms with Crippen molar-refractivity contribution in [1.82, 2.24) is 5.32 Å². The molecule has 394 valence electrons. The van der Waals surface area contributed by atoms with Gasteiger partial charge in [0, 0.05) is 6.42 Å². The topological polar surface area (TPSA) is 105 Å². The standard InChI is InChI=1S/C58H111N2O6P/c1-6-8-10-12-14-16-18-20-22-24-26-28-30-32-34-36-38-40-42-44-46-48-50-52-58(62)59-56(55-66-67(63,64)65-54-53-60(3,4)5)57(61)51-49-47-45-43-41-39-37-35-33-31-29-27-25-23-21-19-17-15-13-11-9-7-2/h24,26,33,35,41,43,49,51,56-57,61H,6-23,25,27-32,34,36-40,42,44-48,50,52-55H2,1-5H3,(H-,59,62,63,64)/p+1/b26-24-,35-33+,43-41+,51-49+. The number of phosphoric acid groups is 1. The Morgan fingerprint density at radius 1 is 0.493 bits per heavy atom. The zero-order valence-electron chi connectivity index (χ0n) is 44.9. The third-order valence-corrected chi connectivity index (χ3v) is 13.7. The number of phosphoric ester groups is 1. The zero-order valence-corrected chi connectivity index (χ0v) is 45.8. The van der Waals surface area contributed by atoms with Gasteiger partial charge in [0.1, 0.15) is 13.2 Å². The van der Waals surface area contributed by atoms with Crippen LogP contribution in [0.3, 0.4) is 0 Å². The maximum atomic E-state index is 13.0. The molecule has 3 unspecified atom stereocenters. The Hall–Kier alpha value is -1.54. The highest BCUT2D eigenvalue weighted by Crippen LogP contribution is 2.43. The van der Waals surface area contributed by atoms with E-state index in [9.17, 15) is 19.4 Å². The third-order valence-electron chi connectivity index (χ3n) is 12.7. The Balaban J connectivity index is 4.30. The molecule has 0 aromatic carbocycles. The molecule has 0 aromatic heterocycles. The van der Waals surface area contributed by atoms with Crippen molar-refractivity contribution in [1.29, 1.82) is 0 Å². The zero-order chi connectivity index (χ0) is 49.2. The van der Waals surface area contributed by atoms with Gasteiger partial charge in [0.2, 0.25) is 5.91 Å². The molecule has 0 aliphatic heterocycles. The molecule has 67 heavy (non-hydrogen) atoms. The van der Waals surface area contributed by atoms with Crippen molar-refractivity contribution in [3.8, 4) is 0 Å². The van der Waals surface area contributed by atoms with Gasteiger partial charge in [-0.25, -0.2) is 4.57 Å². The second-order valence-electron chi connectivity index (χ2n) is 20.6. The third kappa shape index (κ3) is 52.1. The number of carbonyl (C=O) groups is 1. The van der Waals surface area contributed by atoms with E-state index in [1.54, 1.807) is 6.08 Å². The molecule has 3 atom stereocenters. The molecule has 1 amide bonds. The first-order valence-electron chi connectivity index (χ1n) is 28.5. The average molecular weight is 965 g/mol. The highest BCUT2D eigenvalue weighted by Gasteiger charge is 2.27. The Morgan fingerprint density at radius 2 is 0.821 bits per heavy atom. The van der Waals surface area contributed by atoms with Gasteiger partial charge in [0.05, 0.1) is 39.9 Å². The second kappa shape index (κ2) is 49.4. The van der Waals surface area contributed by atoms with Gasteiger partial charge in [-0.05, 0) is 70.6 Å². The molecule has 9 heteroatoms. The average Bonchev–Trinajstić information content (AvgIpc) is 3.29. The summed E-state index contributed by atoms with van der Waals surface area (Å²) in [6, 6.07) is -0.871. The summed E-state index contributed by atoms with van der Waals surface area (Å²) >= 11 is 0. The Bertz CT molecular complexity index is 1230. The molecule has 0 saturated heterocycles. The number of nitrogens with one attached hydrogen (secondary N) is 1. The Morgan fingerprint density at radius 3 is 1.19 bits per heavy atom. The van der Waals surface area contributed by atoms with Crippen molar-refractivity contribution in [3.05, 3.63) is 48.6 Å². The van der Waals surface area contributed by atoms with E-state index < -0.39 is 20.0 Å². The lowest BCUT2D eigenvalue weighted by molar-refractivity contribution is -0.870. The van der Waals surface area contributed by atoms with Crippen molar-refractivity contribution in [2.75, 3.05) is 40.9 Å². The van der Waals surface area contributed by atoms with Crippen molar-refractivity contribution in [3.63, 3.8) is 0 Å². The first kappa shape index (κ1) is 65.5. The van der Waals surface area contributed by atoms with Crippen LogP contribution in [0, 0.1) is 0 Å². The van der Waals surface area contributed by atoms with Crippen LogP contribution < -0.4 is 5.32 Å². The molecule has 0 aromatic rings. The van der Waals surface area contributed by atoms with Crippen molar-refractivity contribution < 1.29 is 32.9 Å². The smallest absolute Gasteiger partial charge is 0.387 e. The lowest BCUT2D eigenvalue weighted by atomic mass is 10.0. The molecule has 0 aliphatic carbocycles. The normalized spacial score (nSPS) is 14.3. The maximum Gasteiger partial charge on any atom is 0.472 e. The number of aliphatic hydroxyl groups is 1. The fourth-order valence-corrected chi connectivity index (χ4v) is 8.98. The molecule has 0 radical (unpaired) electrons. The highest BCUT2D eigenvalue weighted by atomic mass is 31.2. The van der Waals surface area contributed by atoms with Crippen LogP contribution in [0.2, 0.25) is 0 Å². The largest absolute Gasteiger partial charge is 0.472 e. The predicted octanol–water partition coefficient (Wildman–Crippen LogP) is 17.2. The Kier molecular flexibility index (Phi) is 48.3. The molecule has 0 spiro atoms. The SMILES string of the molecule is CCCCCCCCCC/C=C\CCCCCCCCCCCCCC(=O)NC(COP(=O)(O)OCC[N+](C)(C)C)C(O)/C=C/CC/C=C/CC/C=C/CCCCCCCCCCCCCC. The molecular weight excluding hydrogens is 852 g/mol. The number of likely N-dealkylation sites (N-methyl/N-ethyl adjacent to an activating group) is 1. The number of nitrogens with zero attached hydrogens (tertiary/aromatic N) is 1. The van der Waals surface area contributed by atoms with Crippen LogP contribution in [0.15, 0.2) is 48.6 Å². The molecule has 3 N–H and O–H groups in total. The summed E-state index contributed by atoms with van der Waals surface area (Å²) in [4.78, 5) is 23.3. The van der Waals surface area contributed by atoms with Crippen LogP contribution in [0.4, 0.5) is 0 Å². The summed E-state index contributed by atoms with van der Waals surface area (Å²) in [6.07, 6.45) is 65.0. The first-order valence-corrected chi connectivity index (χ1v) is 30.0. The Labute approximate surface area is 416 Å². The van der Waals surface area contributed by atoms with Crippen LogP contribution in [0.25, 0.3) is 0 Å². The monoisotopic (exact) mass is 964 g/mol. The molecule has 0 saturated carbocycles. The lowest BCUT2D eigenvalue weighted by Gasteiger charge is -2.25. The van der Waals surface area contributed by atoms with Crippen molar-refractivity contribution >= 4 is 13.7 Å². The number of hydrogen-bond donors (Lipinski definition) is 3. The minimum Gasteiger partial charge on any atom is -0.387 e. The maximum absolute atomic E-state index is 13.0. The van der Waals surface area contributed by atoms with E-state index in [2.05, 4.69) is 55.6 Å². The van der Waals surface area contributed by atoms with E-state index in [4.69, 9.17) is 9.05 Å². The fraction of sp³-hybridized carbons (Fsp3) is 0.845. The van der Waals surface area contributed by atoms with Crippen LogP contribution in [-0.2, 0) is 18.4 Å². The second-order valence-corrected chi connectivity index (χ2v) is 22.1. The van der Waals surface area contributed by atoms with Gasteiger partial charge >= 0.3 is 7.82 Å². The quantitative estimate of drug-likeness (QED) is 0.0243. The minimum absolute atomic E-state index is 0.0532. The summed E-state index contributed by atoms with van der Waals surface area (Å²) in [7, 11) is 1.55. The van der Waals surface area contributed by atoms with E-state index in [1.165, 1.54) is 199 Å². The van der Waals surface area contributed by atoms with Crippen LogP contribution in [0.1, 0.15) is 264 Å². The van der Waals surface area contributed by atoms with Gasteiger partial charge in [-0.1, -0.05) is 236 Å². The molecule has 0 aliphatic rings. The number of rotatable bonds is 52. The summed E-state index contributed by atoms with van der Waals surface area (Å²) in [5.41, 5.74) is 0. The number of amides is 1. The van der Waals surface area contributed by atoms with E-state index in [1.807, 2.05) is 27.2 Å². The number of aliphatic hydroxyl groups excluding tert-OH is 1. The van der Waals surface area contributed by atoms with Gasteiger partial charge in [-0.2, -0.15) is 0 Å².